The van der Waals surface area contributed by atoms with Crippen molar-refractivity contribution in [2.45, 2.75) is 55.6 Å². The Morgan fingerprint density at radius 2 is 0.480 bits per heavy atom. The molecule has 0 spiro atoms. The van der Waals surface area contributed by atoms with Gasteiger partial charge in [0.25, 0.3) is 0 Å². The molecule has 0 amide bonds. The lowest BCUT2D eigenvalue weighted by Crippen LogP contribution is -2.12. The van der Waals surface area contributed by atoms with Gasteiger partial charge in [0.15, 0.2) is 0 Å². The summed E-state index contributed by atoms with van der Waals surface area (Å²) in [5, 5.41) is 11.1. The van der Waals surface area contributed by atoms with Gasteiger partial charge in [-0.2, -0.15) is 124 Å². The van der Waals surface area contributed by atoms with Crippen LogP contribution in [-0.4, -0.2) is 9.13 Å². The maximum Gasteiger partial charge on any atom is 0.417 e. The molecule has 10 aromatic carbocycles. The minimum atomic E-state index is -5.60. The summed E-state index contributed by atoms with van der Waals surface area (Å²) in [5.74, 6) is 0. The summed E-state index contributed by atoms with van der Waals surface area (Å²) in [6.45, 7) is 0. The van der Waals surface area contributed by atoms with Gasteiger partial charge in [0.05, 0.1) is 83.5 Å². The van der Waals surface area contributed by atoms with Crippen LogP contribution >= 0.6 is 0 Å². The Morgan fingerprint density at radius 3 is 0.710 bits per heavy atom. The van der Waals surface area contributed by atoms with Gasteiger partial charge in [0.1, 0.15) is 11.6 Å². The largest absolute Gasteiger partial charge is 0.417 e. The van der Waals surface area contributed by atoms with Gasteiger partial charge in [-0.1, -0.05) is 84.9 Å². The Bertz CT molecular complexity index is 4800. The van der Waals surface area contributed by atoms with E-state index in [-0.39, 0.29) is 70.1 Å². The number of nitriles is 1. The number of benzene rings is 10. The standard InChI is InChI=1S/C70H30F27N3/c71-62(72,73)38-3-1-2-32(20-38)37-25-60(99-56-21-33(43-16-8-39(63(74,75)76)27-52(43)67(86,87)88)4-12-47(56)48-13-5-34(22-57(48)99)44-17-9-40(64(77,78)79)28-53(44)68(89,90)91)51(31-98)61(26-37)100-58-23-35(45-18-10-41(65(80,81)82)29-54(45)69(92,93)94)6-14-49(58)50-15-7-36(24-59(50)100)46-19-11-42(66(83,84)85)30-55(46)70(95,96)97/h1-30H. The van der Waals surface area contributed by atoms with E-state index in [0.717, 1.165) is 106 Å². The topological polar surface area (TPSA) is 33.6 Å². The maximum atomic E-state index is 15.0. The number of fused-ring (bicyclic) bond motifs is 6. The molecule has 2 aromatic heterocycles. The van der Waals surface area contributed by atoms with Crippen LogP contribution in [0.5, 0.6) is 0 Å². The molecule has 0 aliphatic rings. The van der Waals surface area contributed by atoms with Crippen LogP contribution in [0.2, 0.25) is 0 Å². The first-order valence-electron chi connectivity index (χ1n) is 28.3. The van der Waals surface area contributed by atoms with Gasteiger partial charge in [-0.3, -0.25) is 0 Å². The molecule has 0 aliphatic carbocycles. The minimum absolute atomic E-state index is 0.177. The number of halogens is 27. The van der Waals surface area contributed by atoms with E-state index in [4.69, 9.17) is 0 Å². The van der Waals surface area contributed by atoms with Gasteiger partial charge < -0.3 is 9.13 Å². The number of hydrogen-bond donors (Lipinski definition) is 0. The molecule has 0 N–H and O–H groups in total. The molecule has 0 unspecified atom stereocenters. The van der Waals surface area contributed by atoms with Crippen molar-refractivity contribution in [2.24, 2.45) is 0 Å². The highest BCUT2D eigenvalue weighted by Gasteiger charge is 2.44. The van der Waals surface area contributed by atoms with Crippen LogP contribution in [-0.2, 0) is 55.6 Å². The van der Waals surface area contributed by atoms with E-state index in [1.165, 1.54) is 0 Å². The van der Waals surface area contributed by atoms with E-state index < -0.39 is 200 Å². The molecule has 514 valence electrons. The molecule has 0 atom stereocenters. The summed E-state index contributed by atoms with van der Waals surface area (Å²) in [4.78, 5) is 0. The van der Waals surface area contributed by atoms with Crippen LogP contribution in [0, 0.1) is 11.3 Å². The lowest BCUT2D eigenvalue weighted by molar-refractivity contribution is -0.144. The molecule has 12 aromatic rings. The summed E-state index contributed by atoms with van der Waals surface area (Å²) in [7, 11) is 0. The molecule has 3 nitrogen and oxygen atoms in total. The SMILES string of the molecule is N#Cc1c(-n2c3cc(-c4ccc(C(F)(F)F)cc4C(F)(F)F)ccc3c3ccc(-c4ccc(C(F)(F)F)cc4C(F)(F)F)cc32)cc(-c2cccc(C(F)(F)F)c2)cc1-n1c2cc(-c3ccc(C(F)(F)F)cc3C(F)(F)F)ccc2c2ccc(-c3ccc(C(F)(F)F)cc3C(F)(F)F)cc21. The first-order chi connectivity index (χ1) is 46.2. The second-order valence-corrected chi connectivity index (χ2v) is 22.7. The van der Waals surface area contributed by atoms with Crippen molar-refractivity contribution < 1.29 is 119 Å². The van der Waals surface area contributed by atoms with Gasteiger partial charge in [-0.25, -0.2) is 0 Å². The Balaban J connectivity index is 1.27. The third-order valence-corrected chi connectivity index (χ3v) is 16.6. The van der Waals surface area contributed by atoms with Crippen LogP contribution in [0.3, 0.4) is 0 Å². The van der Waals surface area contributed by atoms with E-state index in [9.17, 15) is 71.1 Å². The van der Waals surface area contributed by atoms with Gasteiger partial charge in [0.2, 0.25) is 0 Å². The lowest BCUT2D eigenvalue weighted by Gasteiger charge is -2.20. The average Bonchev–Trinajstić information content (AvgIpc) is 1.55. The molecule has 100 heavy (non-hydrogen) atoms. The zero-order valence-electron chi connectivity index (χ0n) is 48.9. The van der Waals surface area contributed by atoms with E-state index in [0.29, 0.717) is 36.4 Å². The number of alkyl halides is 27. The smallest absolute Gasteiger partial charge is 0.308 e. The van der Waals surface area contributed by atoms with Crippen LogP contribution in [0.1, 0.15) is 55.6 Å². The summed E-state index contributed by atoms with van der Waals surface area (Å²) in [6, 6.07) is 19.9. The number of hydrogen-bond acceptors (Lipinski definition) is 1. The van der Waals surface area contributed by atoms with Gasteiger partial charge in [0, 0.05) is 21.5 Å². The van der Waals surface area contributed by atoms with Crippen molar-refractivity contribution >= 4 is 43.6 Å². The molecule has 12 rings (SSSR count). The van der Waals surface area contributed by atoms with Gasteiger partial charge in [-0.15, -0.1) is 0 Å². The van der Waals surface area contributed by atoms with Crippen LogP contribution < -0.4 is 0 Å². The Kier molecular flexibility index (Phi) is 16.1. The molecule has 0 fully saturated rings. The van der Waals surface area contributed by atoms with Crippen molar-refractivity contribution in [3.8, 4) is 73.1 Å². The second kappa shape index (κ2) is 23.3. The zero-order chi connectivity index (χ0) is 72.9. The first kappa shape index (κ1) is 69.3. The Hall–Kier alpha value is -10.6. The summed E-state index contributed by atoms with van der Waals surface area (Å²) < 4.78 is 396. The summed E-state index contributed by atoms with van der Waals surface area (Å²) >= 11 is 0. The van der Waals surface area contributed by atoms with Crippen LogP contribution in [0.25, 0.3) is 111 Å². The molecule has 0 bridgehead atoms. The molecule has 0 saturated carbocycles. The number of nitrogens with zero attached hydrogens (tertiary/aromatic N) is 3. The predicted molar refractivity (Wildman–Crippen MR) is 312 cm³/mol. The van der Waals surface area contributed by atoms with Crippen molar-refractivity contribution in [3.05, 3.63) is 238 Å². The van der Waals surface area contributed by atoms with E-state index >= 15 is 52.7 Å². The highest BCUT2D eigenvalue weighted by atomic mass is 19.4. The molecule has 2 heterocycles. The number of rotatable bonds is 7. The molecule has 0 saturated heterocycles. The van der Waals surface area contributed by atoms with Crippen molar-refractivity contribution in [1.82, 2.24) is 9.13 Å². The fourth-order valence-corrected chi connectivity index (χ4v) is 12.2. The fourth-order valence-electron chi connectivity index (χ4n) is 12.2. The third-order valence-electron chi connectivity index (χ3n) is 16.6. The van der Waals surface area contributed by atoms with E-state index in [1.807, 2.05) is 6.07 Å². The monoisotopic (exact) mass is 1430 g/mol. The average molecular weight is 1430 g/mol. The first-order valence-corrected chi connectivity index (χ1v) is 28.3. The lowest BCUT2D eigenvalue weighted by atomic mass is 9.95. The minimum Gasteiger partial charge on any atom is -0.308 e. The third kappa shape index (κ3) is 12.6. The molecular weight excluding hydrogens is 1400 g/mol. The van der Waals surface area contributed by atoms with Crippen molar-refractivity contribution in [2.75, 3.05) is 0 Å². The molecule has 30 heteroatoms. The maximum absolute atomic E-state index is 15.0. The second-order valence-electron chi connectivity index (χ2n) is 22.7. The van der Waals surface area contributed by atoms with Crippen LogP contribution in [0.4, 0.5) is 119 Å². The zero-order valence-corrected chi connectivity index (χ0v) is 48.9. The molecule has 0 radical (unpaired) electrons. The van der Waals surface area contributed by atoms with Crippen molar-refractivity contribution in [3.63, 3.8) is 0 Å². The predicted octanol–water partition coefficient (Wildman–Crippen LogP) is 25.3. The fraction of sp³-hybridized carbons (Fsp3) is 0.129. The highest BCUT2D eigenvalue weighted by Crippen LogP contribution is 2.51. The molecule has 0 aliphatic heterocycles. The van der Waals surface area contributed by atoms with Gasteiger partial charge >= 0.3 is 55.6 Å². The Morgan fingerprint density at radius 1 is 0.230 bits per heavy atom. The van der Waals surface area contributed by atoms with E-state index in [1.54, 1.807) is 0 Å². The summed E-state index contributed by atoms with van der Waals surface area (Å²) in [5.41, 5.74) is -27.8. The highest BCUT2D eigenvalue weighted by molar-refractivity contribution is 6.13. The number of aromatic nitrogens is 2. The summed E-state index contributed by atoms with van der Waals surface area (Å²) in [6.07, 6.45) is -49.1. The quantitative estimate of drug-likeness (QED) is 0.146. The van der Waals surface area contributed by atoms with Crippen LogP contribution in [0.15, 0.2) is 182 Å². The van der Waals surface area contributed by atoms with Gasteiger partial charge in [-0.05, 0) is 153 Å². The normalized spacial score (nSPS) is 13.3. The van der Waals surface area contributed by atoms with Crippen molar-refractivity contribution in [1.29, 1.82) is 5.26 Å². The Labute approximate surface area is 541 Å². The van der Waals surface area contributed by atoms with E-state index in [2.05, 4.69) is 0 Å². The molecular formula is C70H30F27N3.